The Morgan fingerprint density at radius 3 is 2.42 bits per heavy atom. The fraction of sp³-hybridized carbons (Fsp3) is 0.429. The average Bonchev–Trinajstić information content (AvgIpc) is 2.47. The first-order valence-corrected chi connectivity index (χ1v) is 6.72. The second kappa shape index (κ2) is 5.01. The van der Waals surface area contributed by atoms with Crippen molar-refractivity contribution in [3.8, 4) is 0 Å². The van der Waals surface area contributed by atoms with E-state index >= 15 is 0 Å². The van der Waals surface area contributed by atoms with Gasteiger partial charge in [0, 0.05) is 19.1 Å². The summed E-state index contributed by atoms with van der Waals surface area (Å²) >= 11 is 0. The van der Waals surface area contributed by atoms with Crippen LogP contribution in [-0.2, 0) is 0 Å². The van der Waals surface area contributed by atoms with Gasteiger partial charge < -0.3 is 16.0 Å². The van der Waals surface area contributed by atoms with Crippen molar-refractivity contribution in [2.45, 2.75) is 18.9 Å². The normalized spacial score (nSPS) is 17.0. The highest BCUT2D eigenvalue weighted by molar-refractivity contribution is 5.79. The first-order valence-electron chi connectivity index (χ1n) is 6.72. The van der Waals surface area contributed by atoms with Crippen LogP contribution in [0.15, 0.2) is 24.3 Å². The molecule has 0 spiro atoms. The molecule has 5 nitrogen and oxygen atoms in total. The van der Waals surface area contributed by atoms with Gasteiger partial charge in [-0.15, -0.1) is 0 Å². The molecule has 0 bridgehead atoms. The molecule has 1 fully saturated rings. The molecular weight excluding hydrogens is 238 g/mol. The Kier molecular flexibility index (Phi) is 3.21. The number of anilines is 2. The Morgan fingerprint density at radius 2 is 1.79 bits per heavy atom. The molecule has 1 saturated heterocycles. The topological polar surface area (TPSA) is 67.1 Å². The van der Waals surface area contributed by atoms with Crippen molar-refractivity contribution >= 4 is 22.7 Å². The number of para-hydroxylation sites is 2. The van der Waals surface area contributed by atoms with E-state index in [0.717, 1.165) is 42.8 Å². The van der Waals surface area contributed by atoms with E-state index in [4.69, 9.17) is 5.73 Å². The summed E-state index contributed by atoms with van der Waals surface area (Å²) in [6, 6.07) is 8.45. The van der Waals surface area contributed by atoms with Gasteiger partial charge in [-0.1, -0.05) is 12.1 Å². The quantitative estimate of drug-likeness (QED) is 0.851. The van der Waals surface area contributed by atoms with Crippen molar-refractivity contribution in [2.75, 3.05) is 30.8 Å². The van der Waals surface area contributed by atoms with E-state index in [9.17, 15) is 0 Å². The van der Waals surface area contributed by atoms with Crippen molar-refractivity contribution in [1.29, 1.82) is 0 Å². The van der Waals surface area contributed by atoms with Gasteiger partial charge in [0.1, 0.15) is 0 Å². The largest absolute Gasteiger partial charge is 0.381 e. The minimum atomic E-state index is 0.529. The van der Waals surface area contributed by atoms with Crippen molar-refractivity contribution in [1.82, 2.24) is 15.3 Å². The van der Waals surface area contributed by atoms with Crippen LogP contribution in [0.2, 0.25) is 0 Å². The molecule has 1 aliphatic heterocycles. The van der Waals surface area contributed by atoms with E-state index in [0.29, 0.717) is 11.9 Å². The number of nitrogens with two attached hydrogens (primary N) is 1. The second-order valence-electron chi connectivity index (χ2n) is 4.97. The van der Waals surface area contributed by atoms with Gasteiger partial charge in [0.25, 0.3) is 0 Å². The summed E-state index contributed by atoms with van der Waals surface area (Å²) in [6.07, 6.45) is 2.23. The molecule has 3 N–H and O–H groups in total. The lowest BCUT2D eigenvalue weighted by molar-refractivity contribution is 0.441. The predicted molar refractivity (Wildman–Crippen MR) is 78.2 cm³/mol. The molecule has 1 aliphatic rings. The molecule has 2 heterocycles. The van der Waals surface area contributed by atoms with Crippen LogP contribution in [0.1, 0.15) is 12.8 Å². The Labute approximate surface area is 112 Å². The molecule has 1 aromatic carbocycles. The molecule has 1 aromatic heterocycles. The highest BCUT2D eigenvalue weighted by atomic mass is 15.2. The molecule has 0 amide bonds. The summed E-state index contributed by atoms with van der Waals surface area (Å²) in [6.45, 7) is 1.95. The Morgan fingerprint density at radius 1 is 1.16 bits per heavy atom. The monoisotopic (exact) mass is 257 g/mol. The third-order valence-corrected chi connectivity index (χ3v) is 3.78. The molecule has 2 aromatic rings. The van der Waals surface area contributed by atoms with Gasteiger partial charge in [-0.3, -0.25) is 0 Å². The predicted octanol–water partition coefficient (Wildman–Crippen LogP) is 1.40. The summed E-state index contributed by atoms with van der Waals surface area (Å²) in [4.78, 5) is 11.4. The lowest BCUT2D eigenvalue weighted by Gasteiger charge is -2.33. The number of fused-ring (bicyclic) bond motifs is 1. The average molecular weight is 257 g/mol. The molecule has 0 saturated carbocycles. The third-order valence-electron chi connectivity index (χ3n) is 3.78. The zero-order chi connectivity index (χ0) is 13.2. The van der Waals surface area contributed by atoms with Gasteiger partial charge in [0.05, 0.1) is 11.0 Å². The number of rotatable bonds is 2. The molecular formula is C14H19N5. The summed E-state index contributed by atoms with van der Waals surface area (Å²) in [7, 11) is 2.02. The van der Waals surface area contributed by atoms with Crippen molar-refractivity contribution in [3.05, 3.63) is 24.3 Å². The van der Waals surface area contributed by atoms with E-state index in [2.05, 4.69) is 20.2 Å². The maximum Gasteiger partial charge on any atom is 0.172 e. The zero-order valence-corrected chi connectivity index (χ0v) is 11.1. The Bertz CT molecular complexity index is 575. The van der Waals surface area contributed by atoms with Crippen LogP contribution in [-0.4, -0.2) is 36.1 Å². The van der Waals surface area contributed by atoms with Crippen molar-refractivity contribution < 1.29 is 0 Å². The fourth-order valence-corrected chi connectivity index (χ4v) is 2.62. The van der Waals surface area contributed by atoms with Gasteiger partial charge in [0.15, 0.2) is 11.6 Å². The first-order chi connectivity index (χ1) is 9.28. The number of nitrogens with zero attached hydrogens (tertiary/aromatic N) is 3. The maximum absolute atomic E-state index is 6.05. The Hall–Kier alpha value is -1.88. The van der Waals surface area contributed by atoms with Gasteiger partial charge >= 0.3 is 0 Å². The van der Waals surface area contributed by atoms with Crippen LogP contribution in [0.3, 0.4) is 0 Å². The first kappa shape index (κ1) is 12.2. The van der Waals surface area contributed by atoms with E-state index in [-0.39, 0.29) is 0 Å². The molecule has 0 radical (unpaired) electrons. The standard InChI is InChI=1S/C14H19N5/c1-16-10-6-8-19(9-7-10)14-13(15)17-11-4-2-3-5-12(11)18-14/h2-5,10,16H,6-9H2,1H3,(H2,15,17). The van der Waals surface area contributed by atoms with Crippen LogP contribution in [0.5, 0.6) is 0 Å². The number of aromatic nitrogens is 2. The molecule has 5 heteroatoms. The maximum atomic E-state index is 6.05. The van der Waals surface area contributed by atoms with Crippen molar-refractivity contribution in [3.63, 3.8) is 0 Å². The summed E-state index contributed by atoms with van der Waals surface area (Å²) in [5.41, 5.74) is 7.81. The SMILES string of the molecule is CNC1CCN(c2nc3ccccc3nc2N)CC1. The van der Waals surface area contributed by atoms with Crippen LogP contribution >= 0.6 is 0 Å². The van der Waals surface area contributed by atoms with Crippen molar-refractivity contribution in [2.24, 2.45) is 0 Å². The summed E-state index contributed by atoms with van der Waals surface area (Å²) in [5, 5.41) is 3.33. The molecule has 0 aliphatic carbocycles. The van der Waals surface area contributed by atoms with Gasteiger partial charge in [-0.2, -0.15) is 0 Å². The lowest BCUT2D eigenvalue weighted by atomic mass is 10.1. The highest BCUT2D eigenvalue weighted by Gasteiger charge is 2.21. The molecule has 0 atom stereocenters. The molecule has 0 unspecified atom stereocenters. The van der Waals surface area contributed by atoms with E-state index in [1.54, 1.807) is 0 Å². The minimum absolute atomic E-state index is 0.529. The zero-order valence-electron chi connectivity index (χ0n) is 11.1. The van der Waals surface area contributed by atoms with E-state index in [1.807, 2.05) is 31.3 Å². The second-order valence-corrected chi connectivity index (χ2v) is 4.97. The Balaban J connectivity index is 1.90. The van der Waals surface area contributed by atoms with Gasteiger partial charge in [-0.05, 0) is 32.0 Å². The third kappa shape index (κ3) is 2.33. The number of nitrogens with one attached hydrogen (secondary N) is 1. The van der Waals surface area contributed by atoms with E-state index in [1.165, 1.54) is 0 Å². The molecule has 3 rings (SSSR count). The van der Waals surface area contributed by atoms with Gasteiger partial charge in [-0.25, -0.2) is 9.97 Å². The molecule has 19 heavy (non-hydrogen) atoms. The fourth-order valence-electron chi connectivity index (χ4n) is 2.62. The number of hydrogen-bond acceptors (Lipinski definition) is 5. The number of piperidine rings is 1. The van der Waals surface area contributed by atoms with Gasteiger partial charge in [0.2, 0.25) is 0 Å². The number of hydrogen-bond donors (Lipinski definition) is 2. The van der Waals surface area contributed by atoms with Crippen LogP contribution in [0.4, 0.5) is 11.6 Å². The summed E-state index contributed by atoms with van der Waals surface area (Å²) < 4.78 is 0. The summed E-state index contributed by atoms with van der Waals surface area (Å²) in [5.74, 6) is 1.36. The van der Waals surface area contributed by atoms with Crippen LogP contribution in [0.25, 0.3) is 11.0 Å². The van der Waals surface area contributed by atoms with E-state index < -0.39 is 0 Å². The highest BCUT2D eigenvalue weighted by Crippen LogP contribution is 2.25. The number of benzene rings is 1. The lowest BCUT2D eigenvalue weighted by Crippen LogP contribution is -2.41. The van der Waals surface area contributed by atoms with Crippen LogP contribution < -0.4 is 16.0 Å². The smallest absolute Gasteiger partial charge is 0.172 e. The van der Waals surface area contributed by atoms with Crippen LogP contribution in [0, 0.1) is 0 Å². The molecule has 100 valence electrons. The number of nitrogen functional groups attached to an aromatic ring is 1. The minimum Gasteiger partial charge on any atom is -0.381 e.